The van der Waals surface area contributed by atoms with Gasteiger partial charge < -0.3 is 0 Å². The molecule has 0 saturated heterocycles. The summed E-state index contributed by atoms with van der Waals surface area (Å²) in [6.45, 7) is 4.30. The number of nitrogens with zero attached hydrogens (tertiary/aromatic N) is 2. The first kappa shape index (κ1) is 20.9. The van der Waals surface area contributed by atoms with Gasteiger partial charge in [-0.3, -0.25) is 4.79 Å². The maximum Gasteiger partial charge on any atom is 0.272 e. The fraction of sp³-hybridized carbons (Fsp3) is 0.192. The van der Waals surface area contributed by atoms with Crippen LogP contribution in [0.15, 0.2) is 71.8 Å². The van der Waals surface area contributed by atoms with Gasteiger partial charge in [-0.15, -0.1) is 11.3 Å². The van der Waals surface area contributed by atoms with Crippen LogP contribution in [0.25, 0.3) is 22.2 Å². The molecule has 0 aliphatic carbocycles. The Morgan fingerprint density at radius 1 is 1.06 bits per heavy atom. The van der Waals surface area contributed by atoms with Crippen LogP contribution in [-0.2, 0) is 12.8 Å². The minimum Gasteiger partial charge on any atom is -0.267 e. The second kappa shape index (κ2) is 9.67. The van der Waals surface area contributed by atoms with Crippen LogP contribution in [-0.4, -0.2) is 17.1 Å². The monoisotopic (exact) mass is 427 g/mol. The lowest BCUT2D eigenvalue weighted by Gasteiger charge is -2.09. The highest BCUT2D eigenvalue weighted by atomic mass is 32.1. The van der Waals surface area contributed by atoms with E-state index in [4.69, 9.17) is 4.98 Å². The number of carbonyl (C=O) groups is 1. The first-order valence-corrected chi connectivity index (χ1v) is 11.4. The molecule has 0 saturated carbocycles. The van der Waals surface area contributed by atoms with Crippen molar-refractivity contribution in [1.82, 2.24) is 10.4 Å². The van der Waals surface area contributed by atoms with Crippen LogP contribution in [0, 0.1) is 0 Å². The van der Waals surface area contributed by atoms with E-state index in [1.165, 1.54) is 10.4 Å². The van der Waals surface area contributed by atoms with Crippen molar-refractivity contribution in [2.45, 2.75) is 33.1 Å². The third kappa shape index (κ3) is 4.89. The molecule has 4 rings (SSSR count). The van der Waals surface area contributed by atoms with E-state index in [9.17, 15) is 4.79 Å². The van der Waals surface area contributed by atoms with Gasteiger partial charge in [0, 0.05) is 20.7 Å². The van der Waals surface area contributed by atoms with E-state index in [-0.39, 0.29) is 5.91 Å². The predicted molar refractivity (Wildman–Crippen MR) is 130 cm³/mol. The Kier molecular flexibility index (Phi) is 6.53. The van der Waals surface area contributed by atoms with Gasteiger partial charge in [-0.1, -0.05) is 62.7 Å². The number of rotatable bonds is 7. The number of para-hydroxylation sites is 1. The summed E-state index contributed by atoms with van der Waals surface area (Å²) < 4.78 is 0. The number of hydrogen-bond acceptors (Lipinski definition) is 4. The lowest BCUT2D eigenvalue weighted by atomic mass is 10.0. The summed E-state index contributed by atoms with van der Waals surface area (Å²) in [7, 11) is 0. The molecule has 0 bridgehead atoms. The van der Waals surface area contributed by atoms with Crippen molar-refractivity contribution in [3.05, 3.63) is 87.6 Å². The fourth-order valence-electron chi connectivity index (χ4n) is 3.51. The average molecular weight is 428 g/mol. The van der Waals surface area contributed by atoms with Crippen molar-refractivity contribution in [2.75, 3.05) is 0 Å². The van der Waals surface area contributed by atoms with E-state index < -0.39 is 0 Å². The second-order valence-corrected chi connectivity index (χ2v) is 8.58. The molecule has 2 aromatic carbocycles. The van der Waals surface area contributed by atoms with Crippen molar-refractivity contribution >= 4 is 34.4 Å². The first-order chi connectivity index (χ1) is 15.2. The number of benzene rings is 2. The molecule has 2 aromatic heterocycles. The SMILES string of the molecule is CCCc1ccc(-c2cc(C(=O)N/N=C\c3ccc(CC)s3)c3ccccc3n2)cc1. The van der Waals surface area contributed by atoms with Crippen LogP contribution in [0.3, 0.4) is 0 Å². The Balaban J connectivity index is 1.63. The summed E-state index contributed by atoms with van der Waals surface area (Å²) in [5.41, 5.74) is 7.11. The summed E-state index contributed by atoms with van der Waals surface area (Å²) in [5.74, 6) is -0.244. The molecule has 4 nitrogen and oxygen atoms in total. The maximum absolute atomic E-state index is 13.0. The molecular weight excluding hydrogens is 402 g/mol. The maximum atomic E-state index is 13.0. The number of hydrazone groups is 1. The number of nitrogens with one attached hydrogen (secondary N) is 1. The van der Waals surface area contributed by atoms with E-state index >= 15 is 0 Å². The van der Waals surface area contributed by atoms with Crippen LogP contribution in [0.2, 0.25) is 0 Å². The van der Waals surface area contributed by atoms with Crippen LogP contribution in [0.4, 0.5) is 0 Å². The third-order valence-corrected chi connectivity index (χ3v) is 6.30. The summed E-state index contributed by atoms with van der Waals surface area (Å²) in [6.07, 6.45) is 4.86. The Morgan fingerprint density at radius 3 is 2.61 bits per heavy atom. The molecule has 0 atom stereocenters. The fourth-order valence-corrected chi connectivity index (χ4v) is 4.34. The van der Waals surface area contributed by atoms with E-state index in [0.717, 1.165) is 46.3 Å². The number of aromatic nitrogens is 1. The third-order valence-electron chi connectivity index (χ3n) is 5.14. The minimum absolute atomic E-state index is 0.244. The Labute approximate surface area is 186 Å². The van der Waals surface area contributed by atoms with E-state index in [1.54, 1.807) is 17.6 Å². The van der Waals surface area contributed by atoms with Gasteiger partial charge in [-0.2, -0.15) is 5.10 Å². The quantitative estimate of drug-likeness (QED) is 0.280. The topological polar surface area (TPSA) is 54.4 Å². The molecule has 4 aromatic rings. The lowest BCUT2D eigenvalue weighted by Crippen LogP contribution is -2.18. The van der Waals surface area contributed by atoms with Crippen molar-refractivity contribution in [2.24, 2.45) is 5.10 Å². The Bertz CT molecular complexity index is 1230. The predicted octanol–water partition coefficient (Wildman–Crippen LogP) is 6.24. The second-order valence-electron chi connectivity index (χ2n) is 7.38. The summed E-state index contributed by atoms with van der Waals surface area (Å²) >= 11 is 1.68. The number of pyridine rings is 1. The van der Waals surface area contributed by atoms with Gasteiger partial charge in [0.15, 0.2) is 0 Å². The number of aryl methyl sites for hydroxylation is 2. The number of fused-ring (bicyclic) bond motifs is 1. The highest BCUT2D eigenvalue weighted by molar-refractivity contribution is 7.13. The van der Waals surface area contributed by atoms with Crippen LogP contribution >= 0.6 is 11.3 Å². The highest BCUT2D eigenvalue weighted by Gasteiger charge is 2.13. The molecule has 1 amide bonds. The summed E-state index contributed by atoms with van der Waals surface area (Å²) in [5, 5.41) is 4.98. The summed E-state index contributed by atoms with van der Waals surface area (Å²) in [4.78, 5) is 20.1. The zero-order valence-electron chi connectivity index (χ0n) is 17.8. The summed E-state index contributed by atoms with van der Waals surface area (Å²) in [6, 6.07) is 22.1. The molecule has 1 N–H and O–H groups in total. The van der Waals surface area contributed by atoms with Gasteiger partial charge >= 0.3 is 0 Å². The van der Waals surface area contributed by atoms with E-state index in [1.807, 2.05) is 36.4 Å². The molecule has 0 radical (unpaired) electrons. The molecule has 2 heterocycles. The molecule has 0 fully saturated rings. The van der Waals surface area contributed by atoms with E-state index in [0.29, 0.717) is 5.56 Å². The molecule has 31 heavy (non-hydrogen) atoms. The van der Waals surface area contributed by atoms with Gasteiger partial charge in [0.25, 0.3) is 5.91 Å². The van der Waals surface area contributed by atoms with Crippen molar-refractivity contribution < 1.29 is 4.79 Å². The molecule has 0 aliphatic heterocycles. The lowest BCUT2D eigenvalue weighted by molar-refractivity contribution is 0.0956. The van der Waals surface area contributed by atoms with Gasteiger partial charge in [-0.05, 0) is 42.7 Å². The number of carbonyl (C=O) groups excluding carboxylic acids is 1. The molecular formula is C26H25N3OS. The molecule has 5 heteroatoms. The van der Waals surface area contributed by atoms with Crippen LogP contribution < -0.4 is 5.43 Å². The molecule has 156 valence electrons. The van der Waals surface area contributed by atoms with Crippen molar-refractivity contribution in [3.8, 4) is 11.3 Å². The molecule has 0 unspecified atom stereocenters. The van der Waals surface area contributed by atoms with Crippen molar-refractivity contribution in [1.29, 1.82) is 0 Å². The Hall–Kier alpha value is -3.31. The molecule has 0 aliphatic rings. The normalized spacial score (nSPS) is 11.3. The largest absolute Gasteiger partial charge is 0.272 e. The highest BCUT2D eigenvalue weighted by Crippen LogP contribution is 2.25. The van der Waals surface area contributed by atoms with E-state index in [2.05, 4.69) is 54.7 Å². The zero-order chi connectivity index (χ0) is 21.6. The van der Waals surface area contributed by atoms with Crippen LogP contribution in [0.5, 0.6) is 0 Å². The standard InChI is InChI=1S/C26H25N3OS/c1-3-7-18-10-12-19(13-11-18)25-16-23(22-8-5-6-9-24(22)28-25)26(30)29-27-17-21-15-14-20(4-2)31-21/h5-6,8-17H,3-4,7H2,1-2H3,(H,29,30)/b27-17-. The average Bonchev–Trinajstić information content (AvgIpc) is 3.27. The number of hydrogen-bond donors (Lipinski definition) is 1. The van der Waals surface area contributed by atoms with Gasteiger partial charge in [0.1, 0.15) is 0 Å². The van der Waals surface area contributed by atoms with Crippen molar-refractivity contribution in [3.63, 3.8) is 0 Å². The minimum atomic E-state index is -0.244. The number of thiophene rings is 1. The molecule has 0 spiro atoms. The van der Waals surface area contributed by atoms with Gasteiger partial charge in [0.05, 0.1) is 23.0 Å². The first-order valence-electron chi connectivity index (χ1n) is 10.6. The van der Waals surface area contributed by atoms with Crippen LogP contribution in [0.1, 0.15) is 45.9 Å². The Morgan fingerprint density at radius 2 is 1.87 bits per heavy atom. The zero-order valence-corrected chi connectivity index (χ0v) is 18.6. The van der Waals surface area contributed by atoms with Gasteiger partial charge in [-0.25, -0.2) is 10.4 Å². The number of amides is 1. The smallest absolute Gasteiger partial charge is 0.267 e. The van der Waals surface area contributed by atoms with Gasteiger partial charge in [0.2, 0.25) is 0 Å².